The van der Waals surface area contributed by atoms with E-state index in [1.165, 1.54) is 12.1 Å². The van der Waals surface area contributed by atoms with Gasteiger partial charge in [0, 0.05) is 9.13 Å². The topological polar surface area (TPSA) is 95.1 Å². The quantitative estimate of drug-likeness (QED) is 0.364. The number of carbonyl (C=O) groups is 1. The Balaban J connectivity index is 1.92. The molecule has 0 bridgehead atoms. The van der Waals surface area contributed by atoms with Crippen molar-refractivity contribution < 1.29 is 27.5 Å². The molecule has 3 aromatic rings. The maximum absolute atomic E-state index is 13.7. The molecule has 152 valence electrons. The molecule has 3 N–H and O–H groups in total. The predicted octanol–water partition coefficient (Wildman–Crippen LogP) is 2.73. The number of alkyl halides is 3. The van der Waals surface area contributed by atoms with Crippen LogP contribution < -0.4 is 10.9 Å². The zero-order valence-electron chi connectivity index (χ0n) is 14.3. The van der Waals surface area contributed by atoms with Gasteiger partial charge < -0.3 is 15.4 Å². The summed E-state index contributed by atoms with van der Waals surface area (Å²) in [6.45, 7) is -0.593. The van der Waals surface area contributed by atoms with E-state index in [4.69, 9.17) is 0 Å². The molecule has 0 aliphatic carbocycles. The van der Waals surface area contributed by atoms with Gasteiger partial charge in [0.1, 0.15) is 11.6 Å². The summed E-state index contributed by atoms with van der Waals surface area (Å²) < 4.78 is 54.4. The highest BCUT2D eigenvalue weighted by molar-refractivity contribution is 14.1. The van der Waals surface area contributed by atoms with E-state index in [9.17, 15) is 32.3 Å². The van der Waals surface area contributed by atoms with Crippen molar-refractivity contribution in [1.82, 2.24) is 15.3 Å². The summed E-state index contributed by atoms with van der Waals surface area (Å²) in [5.41, 5.74) is -5.22. The van der Waals surface area contributed by atoms with E-state index in [1.54, 1.807) is 34.7 Å². The molecule has 0 fully saturated rings. The molecular formula is C18H12F4IN3O3. The molecule has 0 saturated carbocycles. The normalized spacial score (nSPS) is 13.9. The highest BCUT2D eigenvalue weighted by Crippen LogP contribution is 2.39. The summed E-state index contributed by atoms with van der Waals surface area (Å²) >= 11 is 1.56. The van der Waals surface area contributed by atoms with Crippen LogP contribution in [0.3, 0.4) is 0 Å². The van der Waals surface area contributed by atoms with Gasteiger partial charge in [-0.2, -0.15) is 13.2 Å². The summed E-state index contributed by atoms with van der Waals surface area (Å²) in [5, 5.41) is 12.4. The Morgan fingerprint density at radius 1 is 1.21 bits per heavy atom. The molecule has 3 rings (SSSR count). The predicted molar refractivity (Wildman–Crippen MR) is 103 cm³/mol. The van der Waals surface area contributed by atoms with Crippen LogP contribution in [0.1, 0.15) is 11.4 Å². The van der Waals surface area contributed by atoms with E-state index in [0.29, 0.717) is 6.07 Å². The van der Waals surface area contributed by atoms with E-state index in [1.807, 2.05) is 5.32 Å². The zero-order chi connectivity index (χ0) is 21.4. The van der Waals surface area contributed by atoms with Crippen molar-refractivity contribution in [3.63, 3.8) is 0 Å². The van der Waals surface area contributed by atoms with Gasteiger partial charge in [-0.25, -0.2) is 9.37 Å². The van der Waals surface area contributed by atoms with Crippen molar-refractivity contribution in [2.75, 3.05) is 0 Å². The highest BCUT2D eigenvalue weighted by Gasteiger charge is 2.60. The number of aliphatic hydroxyl groups is 1. The minimum atomic E-state index is -5.43. The van der Waals surface area contributed by atoms with Crippen molar-refractivity contribution in [1.29, 1.82) is 0 Å². The van der Waals surface area contributed by atoms with Crippen molar-refractivity contribution >= 4 is 39.4 Å². The number of rotatable bonds is 4. The molecule has 1 atom stereocenters. The number of H-pyrrole nitrogens is 1. The Bertz CT molecular complexity index is 1150. The Morgan fingerprint density at radius 3 is 2.55 bits per heavy atom. The van der Waals surface area contributed by atoms with Crippen LogP contribution in [0.15, 0.2) is 47.3 Å². The van der Waals surface area contributed by atoms with Crippen LogP contribution in [-0.2, 0) is 16.9 Å². The van der Waals surface area contributed by atoms with Crippen molar-refractivity contribution in [3.8, 4) is 0 Å². The number of benzene rings is 2. The number of halogens is 5. The van der Waals surface area contributed by atoms with Gasteiger partial charge in [0.25, 0.3) is 17.1 Å². The monoisotopic (exact) mass is 521 g/mol. The zero-order valence-corrected chi connectivity index (χ0v) is 16.5. The van der Waals surface area contributed by atoms with Crippen LogP contribution in [0, 0.1) is 9.39 Å². The summed E-state index contributed by atoms with van der Waals surface area (Å²) in [7, 11) is 0. The lowest BCUT2D eigenvalue weighted by atomic mass is 9.92. The second-order valence-electron chi connectivity index (χ2n) is 6.05. The molecule has 0 aliphatic heterocycles. The Kier molecular flexibility index (Phi) is 5.63. The number of para-hydroxylation sites is 1. The number of hydrogen-bond acceptors (Lipinski definition) is 4. The minimum absolute atomic E-state index is 0.0224. The van der Waals surface area contributed by atoms with Crippen molar-refractivity contribution in [2.45, 2.75) is 18.3 Å². The lowest BCUT2D eigenvalue weighted by Crippen LogP contribution is -2.54. The second kappa shape index (κ2) is 7.71. The number of hydrogen-bond donors (Lipinski definition) is 3. The smallest absolute Gasteiger partial charge is 0.369 e. The third-order valence-corrected chi connectivity index (χ3v) is 5.03. The van der Waals surface area contributed by atoms with Gasteiger partial charge in [-0.15, -0.1) is 0 Å². The Hall–Kier alpha value is -2.54. The first-order chi connectivity index (χ1) is 13.5. The molecule has 6 nitrogen and oxygen atoms in total. The maximum Gasteiger partial charge on any atom is 0.430 e. The lowest BCUT2D eigenvalue weighted by molar-refractivity contribution is -0.257. The summed E-state index contributed by atoms with van der Waals surface area (Å²) in [4.78, 5) is 30.7. The average molecular weight is 521 g/mol. The number of nitrogens with one attached hydrogen (secondary N) is 2. The molecule has 1 unspecified atom stereocenters. The van der Waals surface area contributed by atoms with Gasteiger partial charge in [-0.05, 0) is 46.9 Å². The molecule has 0 spiro atoms. The molecule has 1 heterocycles. The molecule has 2 aromatic carbocycles. The van der Waals surface area contributed by atoms with E-state index in [2.05, 4.69) is 9.97 Å². The fourth-order valence-corrected chi connectivity index (χ4v) is 2.99. The number of carbonyl (C=O) groups excluding carboxylic acids is 1. The Labute approximate surface area is 174 Å². The minimum Gasteiger partial charge on any atom is -0.369 e. The standard InChI is InChI=1S/C18H12F4IN3O3/c19-11-7-9(5-6-12(11)23)17(29,18(20,21)22)16(28)24-8-14-25-13-4-2-1-3-10(13)15(27)26-14/h1-7,29H,8H2,(H,24,28)(H,25,26,27). The summed E-state index contributed by atoms with van der Waals surface area (Å²) in [6, 6.07) is 8.54. The van der Waals surface area contributed by atoms with E-state index >= 15 is 0 Å². The van der Waals surface area contributed by atoms with Crippen molar-refractivity contribution in [2.24, 2.45) is 0 Å². The lowest BCUT2D eigenvalue weighted by Gasteiger charge is -2.29. The molecule has 0 aliphatic rings. The molecule has 0 radical (unpaired) electrons. The van der Waals surface area contributed by atoms with E-state index in [-0.39, 0.29) is 20.3 Å². The van der Waals surface area contributed by atoms with Crippen LogP contribution in [-0.4, -0.2) is 27.2 Å². The van der Waals surface area contributed by atoms with Gasteiger partial charge in [-0.1, -0.05) is 18.2 Å². The molecular weight excluding hydrogens is 509 g/mol. The molecule has 29 heavy (non-hydrogen) atoms. The van der Waals surface area contributed by atoms with Crippen LogP contribution in [0.2, 0.25) is 0 Å². The van der Waals surface area contributed by atoms with E-state index < -0.39 is 41.2 Å². The SMILES string of the molecule is O=C(NCc1nc2ccccc2c(=O)[nH]1)C(O)(c1ccc(I)c(F)c1)C(F)(F)F. The van der Waals surface area contributed by atoms with Gasteiger partial charge in [0.05, 0.1) is 17.4 Å². The number of fused-ring (bicyclic) bond motifs is 1. The Morgan fingerprint density at radius 2 is 1.90 bits per heavy atom. The van der Waals surface area contributed by atoms with Gasteiger partial charge in [-0.3, -0.25) is 9.59 Å². The summed E-state index contributed by atoms with van der Waals surface area (Å²) in [6.07, 6.45) is -5.43. The van der Waals surface area contributed by atoms with Crippen molar-refractivity contribution in [3.05, 3.63) is 73.6 Å². The van der Waals surface area contributed by atoms with Crippen LogP contribution in [0.5, 0.6) is 0 Å². The molecule has 1 amide bonds. The fraction of sp³-hybridized carbons (Fsp3) is 0.167. The molecule has 0 saturated heterocycles. The molecule has 1 aromatic heterocycles. The van der Waals surface area contributed by atoms with Crippen LogP contribution >= 0.6 is 22.6 Å². The third-order valence-electron chi connectivity index (χ3n) is 4.15. The first-order valence-electron chi connectivity index (χ1n) is 8.05. The van der Waals surface area contributed by atoms with Crippen LogP contribution in [0.4, 0.5) is 17.6 Å². The molecule has 11 heteroatoms. The number of amides is 1. The first kappa shape index (κ1) is 21.2. The van der Waals surface area contributed by atoms with Gasteiger partial charge >= 0.3 is 6.18 Å². The maximum atomic E-state index is 13.7. The highest BCUT2D eigenvalue weighted by atomic mass is 127. The number of aromatic amines is 1. The largest absolute Gasteiger partial charge is 0.430 e. The second-order valence-corrected chi connectivity index (χ2v) is 7.21. The average Bonchev–Trinajstić information content (AvgIpc) is 2.66. The number of nitrogens with zero attached hydrogens (tertiary/aromatic N) is 1. The summed E-state index contributed by atoms with van der Waals surface area (Å²) in [5.74, 6) is -2.96. The van der Waals surface area contributed by atoms with Crippen LogP contribution in [0.25, 0.3) is 10.9 Å². The third kappa shape index (κ3) is 3.96. The first-order valence-corrected chi connectivity index (χ1v) is 9.13. The van der Waals surface area contributed by atoms with E-state index in [0.717, 1.165) is 12.1 Å². The van der Waals surface area contributed by atoms with Gasteiger partial charge in [0.2, 0.25) is 0 Å². The van der Waals surface area contributed by atoms with Gasteiger partial charge in [0.15, 0.2) is 0 Å². The number of aromatic nitrogens is 2. The fourth-order valence-electron chi connectivity index (χ4n) is 2.66.